The molecule has 0 spiro atoms. The number of carbonyl (C=O) groups excluding carboxylic acids is 1. The van der Waals surface area contributed by atoms with Crippen molar-refractivity contribution in [2.45, 2.75) is 13.5 Å². The van der Waals surface area contributed by atoms with Crippen LogP contribution in [-0.4, -0.2) is 15.9 Å². The van der Waals surface area contributed by atoms with E-state index < -0.39 is 0 Å². The molecule has 2 aromatic heterocycles. The highest BCUT2D eigenvalue weighted by molar-refractivity contribution is 6.37. The summed E-state index contributed by atoms with van der Waals surface area (Å²) in [5, 5.41) is 4.21. The van der Waals surface area contributed by atoms with Crippen LogP contribution in [0.25, 0.3) is 10.9 Å². The summed E-state index contributed by atoms with van der Waals surface area (Å²) in [4.78, 5) is 19.8. The van der Waals surface area contributed by atoms with Gasteiger partial charge >= 0.3 is 0 Å². The molecular weight excluding hydrogens is 286 g/mol. The summed E-state index contributed by atoms with van der Waals surface area (Å²) in [5.74, 6) is -0.155. The minimum atomic E-state index is -0.155. The van der Waals surface area contributed by atoms with Crippen molar-refractivity contribution in [1.82, 2.24) is 15.3 Å². The van der Waals surface area contributed by atoms with Crippen LogP contribution >= 0.6 is 11.6 Å². The molecule has 5 heteroatoms. The molecule has 21 heavy (non-hydrogen) atoms. The predicted molar refractivity (Wildman–Crippen MR) is 83.5 cm³/mol. The average molecular weight is 300 g/mol. The van der Waals surface area contributed by atoms with Crippen LogP contribution in [0.1, 0.15) is 21.7 Å². The number of hydrogen-bond donors (Lipinski definition) is 2. The first-order valence-corrected chi connectivity index (χ1v) is 6.99. The van der Waals surface area contributed by atoms with Crippen LogP contribution in [0.3, 0.4) is 0 Å². The second-order valence-electron chi connectivity index (χ2n) is 4.79. The lowest BCUT2D eigenvalue weighted by molar-refractivity contribution is 0.0951. The van der Waals surface area contributed by atoms with E-state index in [0.717, 1.165) is 22.3 Å². The normalized spacial score (nSPS) is 10.8. The molecule has 3 aromatic rings. The maximum absolute atomic E-state index is 12.4. The number of aryl methyl sites for hydroxylation is 1. The number of aromatic nitrogens is 2. The maximum atomic E-state index is 12.4. The molecule has 0 aliphatic heterocycles. The Morgan fingerprint density at radius 3 is 2.90 bits per heavy atom. The lowest BCUT2D eigenvalue weighted by Gasteiger charge is -2.05. The van der Waals surface area contributed by atoms with Crippen LogP contribution in [0, 0.1) is 6.92 Å². The molecule has 1 amide bonds. The van der Waals surface area contributed by atoms with E-state index in [0.29, 0.717) is 17.1 Å². The Kier molecular flexibility index (Phi) is 3.62. The Morgan fingerprint density at radius 1 is 1.29 bits per heavy atom. The van der Waals surface area contributed by atoms with Gasteiger partial charge < -0.3 is 10.3 Å². The molecule has 0 aliphatic rings. The first kappa shape index (κ1) is 13.6. The lowest BCUT2D eigenvalue weighted by atomic mass is 10.1. The van der Waals surface area contributed by atoms with Gasteiger partial charge in [0.15, 0.2) is 0 Å². The van der Waals surface area contributed by atoms with Crippen LogP contribution < -0.4 is 5.32 Å². The Morgan fingerprint density at radius 2 is 2.14 bits per heavy atom. The third kappa shape index (κ3) is 2.62. The van der Waals surface area contributed by atoms with Gasteiger partial charge in [-0.1, -0.05) is 23.7 Å². The van der Waals surface area contributed by atoms with Gasteiger partial charge in [0.1, 0.15) is 0 Å². The first-order valence-electron chi connectivity index (χ1n) is 6.61. The zero-order valence-electron chi connectivity index (χ0n) is 11.5. The number of carbonyl (C=O) groups is 1. The highest BCUT2D eigenvalue weighted by atomic mass is 35.5. The highest BCUT2D eigenvalue weighted by Gasteiger charge is 2.17. The molecule has 0 saturated heterocycles. The van der Waals surface area contributed by atoms with Crippen molar-refractivity contribution in [3.8, 4) is 0 Å². The molecule has 0 fully saturated rings. The fraction of sp³-hybridized carbons (Fsp3) is 0.125. The number of nitrogens with zero attached hydrogens (tertiary/aromatic N) is 1. The van der Waals surface area contributed by atoms with Gasteiger partial charge in [-0.15, -0.1) is 0 Å². The molecule has 0 unspecified atom stereocenters. The van der Waals surface area contributed by atoms with Gasteiger partial charge in [-0.2, -0.15) is 0 Å². The number of aromatic amines is 1. The largest absolute Gasteiger partial charge is 0.358 e. The molecular formula is C16H14ClN3O. The minimum absolute atomic E-state index is 0.155. The van der Waals surface area contributed by atoms with Gasteiger partial charge in [-0.25, -0.2) is 0 Å². The number of hydrogen-bond acceptors (Lipinski definition) is 2. The van der Waals surface area contributed by atoms with Crippen molar-refractivity contribution < 1.29 is 4.79 Å². The van der Waals surface area contributed by atoms with E-state index in [9.17, 15) is 4.79 Å². The van der Waals surface area contributed by atoms with Crippen molar-refractivity contribution in [2.75, 3.05) is 0 Å². The molecule has 0 aliphatic carbocycles. The Labute approximate surface area is 127 Å². The van der Waals surface area contributed by atoms with Gasteiger partial charge in [-0.3, -0.25) is 9.78 Å². The van der Waals surface area contributed by atoms with Crippen molar-refractivity contribution >= 4 is 28.4 Å². The van der Waals surface area contributed by atoms with Crippen LogP contribution in [-0.2, 0) is 6.54 Å². The number of nitrogens with one attached hydrogen (secondary N) is 2. The summed E-state index contributed by atoms with van der Waals surface area (Å²) in [7, 11) is 0. The number of halogens is 1. The van der Waals surface area contributed by atoms with E-state index in [4.69, 9.17) is 11.6 Å². The Hall–Kier alpha value is -2.33. The van der Waals surface area contributed by atoms with Crippen molar-refractivity contribution in [1.29, 1.82) is 0 Å². The predicted octanol–water partition coefficient (Wildman–Crippen LogP) is 3.45. The summed E-state index contributed by atoms with van der Waals surface area (Å²) in [6.45, 7) is 2.25. The van der Waals surface area contributed by atoms with Crippen LogP contribution in [0.2, 0.25) is 5.02 Å². The van der Waals surface area contributed by atoms with Crippen LogP contribution in [0.15, 0.2) is 42.6 Å². The van der Waals surface area contributed by atoms with E-state index >= 15 is 0 Å². The van der Waals surface area contributed by atoms with Crippen molar-refractivity contribution in [2.24, 2.45) is 0 Å². The average Bonchev–Trinajstić information content (AvgIpc) is 2.83. The molecule has 2 heterocycles. The fourth-order valence-corrected chi connectivity index (χ4v) is 2.65. The molecule has 1 aromatic carbocycles. The standard InChI is InChI=1S/C16H14ClN3O/c1-10-14(15-12(17)6-4-7-13(15)20-10)16(21)19-9-11-5-2-3-8-18-11/h2-8,20H,9H2,1H3,(H,19,21). The smallest absolute Gasteiger partial charge is 0.254 e. The van der Waals surface area contributed by atoms with E-state index in [1.54, 1.807) is 12.3 Å². The molecule has 4 nitrogen and oxygen atoms in total. The van der Waals surface area contributed by atoms with Gasteiger partial charge in [0.2, 0.25) is 0 Å². The zero-order valence-corrected chi connectivity index (χ0v) is 12.2. The van der Waals surface area contributed by atoms with Gasteiger partial charge in [-0.05, 0) is 31.2 Å². The second-order valence-corrected chi connectivity index (χ2v) is 5.20. The summed E-state index contributed by atoms with van der Waals surface area (Å²) in [6, 6.07) is 11.2. The van der Waals surface area contributed by atoms with Crippen LogP contribution in [0.5, 0.6) is 0 Å². The van der Waals surface area contributed by atoms with Crippen molar-refractivity contribution in [3.63, 3.8) is 0 Å². The van der Waals surface area contributed by atoms with Gasteiger partial charge in [0.05, 0.1) is 22.8 Å². The van der Waals surface area contributed by atoms with Crippen LogP contribution in [0.4, 0.5) is 0 Å². The number of amides is 1. The molecule has 0 atom stereocenters. The summed E-state index contributed by atoms with van der Waals surface area (Å²) in [5.41, 5.74) is 3.07. The number of fused-ring (bicyclic) bond motifs is 1. The number of pyridine rings is 1. The first-order chi connectivity index (χ1) is 10.2. The Bertz CT molecular complexity index is 796. The molecule has 0 bridgehead atoms. The number of benzene rings is 1. The quantitative estimate of drug-likeness (QED) is 0.778. The Balaban J connectivity index is 1.90. The monoisotopic (exact) mass is 299 g/mol. The molecule has 3 rings (SSSR count). The molecule has 2 N–H and O–H groups in total. The SMILES string of the molecule is Cc1[nH]c2cccc(Cl)c2c1C(=O)NCc1ccccn1. The van der Waals surface area contributed by atoms with Gasteiger partial charge in [0, 0.05) is 22.8 Å². The minimum Gasteiger partial charge on any atom is -0.358 e. The van der Waals surface area contributed by atoms with E-state index in [-0.39, 0.29) is 5.91 Å². The molecule has 0 saturated carbocycles. The third-order valence-electron chi connectivity index (χ3n) is 3.34. The third-order valence-corrected chi connectivity index (χ3v) is 3.66. The lowest BCUT2D eigenvalue weighted by Crippen LogP contribution is -2.23. The topological polar surface area (TPSA) is 57.8 Å². The zero-order chi connectivity index (χ0) is 14.8. The number of rotatable bonds is 3. The van der Waals surface area contributed by atoms with Crippen molar-refractivity contribution in [3.05, 3.63) is 64.6 Å². The van der Waals surface area contributed by atoms with E-state index in [1.165, 1.54) is 0 Å². The number of H-pyrrole nitrogens is 1. The summed E-state index contributed by atoms with van der Waals surface area (Å²) in [6.07, 6.45) is 1.70. The second kappa shape index (κ2) is 5.58. The van der Waals surface area contributed by atoms with Gasteiger partial charge in [0.25, 0.3) is 5.91 Å². The highest BCUT2D eigenvalue weighted by Crippen LogP contribution is 2.29. The molecule has 106 valence electrons. The summed E-state index contributed by atoms with van der Waals surface area (Å²) < 4.78 is 0. The van der Waals surface area contributed by atoms with E-state index in [2.05, 4.69) is 15.3 Å². The fourth-order valence-electron chi connectivity index (χ4n) is 2.38. The summed E-state index contributed by atoms with van der Waals surface area (Å²) >= 11 is 6.22. The van der Waals surface area contributed by atoms with E-state index in [1.807, 2.05) is 37.3 Å². The molecule has 0 radical (unpaired) electrons. The maximum Gasteiger partial charge on any atom is 0.254 e.